The van der Waals surface area contributed by atoms with E-state index in [1.807, 2.05) is 0 Å². The van der Waals surface area contributed by atoms with Crippen molar-refractivity contribution in [1.82, 2.24) is 0 Å². The summed E-state index contributed by atoms with van der Waals surface area (Å²) < 4.78 is 24.9. The summed E-state index contributed by atoms with van der Waals surface area (Å²) in [5, 5.41) is 9.22. The molecular weight excluding hydrogens is 235 g/mol. The summed E-state index contributed by atoms with van der Waals surface area (Å²) in [4.78, 5) is 0. The van der Waals surface area contributed by atoms with Crippen molar-refractivity contribution in [3.63, 3.8) is 0 Å². The van der Waals surface area contributed by atoms with Crippen LogP contribution in [0.1, 0.15) is 11.6 Å². The zero-order chi connectivity index (χ0) is 10.0. The third-order valence-corrected chi connectivity index (χ3v) is 1.84. The number of hydrogen-bond acceptors (Lipinski definition) is 2. The number of aromatic hydroxyl groups is 1. The van der Waals surface area contributed by atoms with E-state index in [1.165, 1.54) is 6.07 Å². The molecule has 0 unspecified atom stereocenters. The molecule has 0 saturated heterocycles. The van der Waals surface area contributed by atoms with Crippen LogP contribution in [0.4, 0.5) is 8.78 Å². The molecule has 0 spiro atoms. The molecule has 1 aromatic rings. The highest BCUT2D eigenvalue weighted by Crippen LogP contribution is 2.29. The predicted molar refractivity (Wildman–Crippen MR) is 53.2 cm³/mol. The maximum Gasteiger partial charge on any atom is 0.166 e. The van der Waals surface area contributed by atoms with Gasteiger partial charge in [0.05, 0.1) is 6.04 Å². The van der Waals surface area contributed by atoms with Gasteiger partial charge in [-0.1, -0.05) is 11.6 Å². The van der Waals surface area contributed by atoms with Crippen molar-refractivity contribution in [2.24, 2.45) is 5.73 Å². The van der Waals surface area contributed by atoms with Crippen molar-refractivity contribution >= 4 is 24.0 Å². The molecule has 0 aliphatic carbocycles. The number of alkyl halides is 1. The summed E-state index contributed by atoms with van der Waals surface area (Å²) in [5.74, 6) is -1.54. The SMILES string of the molecule is Cl.N[C@@H](CF)c1cc(Cl)cc(F)c1O. The largest absolute Gasteiger partial charge is 0.505 e. The topological polar surface area (TPSA) is 46.2 Å². The van der Waals surface area contributed by atoms with Gasteiger partial charge in [-0.25, -0.2) is 8.78 Å². The molecule has 0 radical (unpaired) electrons. The monoisotopic (exact) mass is 243 g/mol. The highest BCUT2D eigenvalue weighted by atomic mass is 35.5. The molecule has 1 rings (SSSR count). The maximum atomic E-state index is 12.8. The normalized spacial score (nSPS) is 12.0. The zero-order valence-corrected chi connectivity index (χ0v) is 8.58. The number of halogens is 4. The second-order valence-electron chi connectivity index (χ2n) is 2.59. The van der Waals surface area contributed by atoms with Crippen LogP contribution in [0.2, 0.25) is 5.02 Å². The summed E-state index contributed by atoms with van der Waals surface area (Å²) in [6.07, 6.45) is 0. The van der Waals surface area contributed by atoms with Gasteiger partial charge in [-0.05, 0) is 12.1 Å². The molecule has 0 bridgehead atoms. The van der Waals surface area contributed by atoms with Crippen molar-refractivity contribution < 1.29 is 13.9 Å². The molecule has 1 aromatic carbocycles. The summed E-state index contributed by atoms with van der Waals surface area (Å²) in [6.45, 7) is -0.882. The summed E-state index contributed by atoms with van der Waals surface area (Å²) in [6, 6.07) is 1.13. The lowest BCUT2D eigenvalue weighted by molar-refractivity contribution is 0.396. The highest BCUT2D eigenvalue weighted by Gasteiger charge is 2.15. The quantitative estimate of drug-likeness (QED) is 0.839. The Morgan fingerprint density at radius 2 is 2.07 bits per heavy atom. The van der Waals surface area contributed by atoms with E-state index in [1.54, 1.807) is 0 Å². The Morgan fingerprint density at radius 1 is 1.50 bits per heavy atom. The molecule has 2 nitrogen and oxygen atoms in total. The van der Waals surface area contributed by atoms with Gasteiger partial charge in [0.25, 0.3) is 0 Å². The van der Waals surface area contributed by atoms with Crippen LogP contribution < -0.4 is 5.73 Å². The Kier molecular flexibility index (Phi) is 5.12. The van der Waals surface area contributed by atoms with Crippen LogP contribution in [0.5, 0.6) is 5.75 Å². The minimum absolute atomic E-state index is 0. The summed E-state index contributed by atoms with van der Waals surface area (Å²) in [5.41, 5.74) is 5.25. The Morgan fingerprint density at radius 3 is 2.57 bits per heavy atom. The first kappa shape index (κ1) is 13.4. The average molecular weight is 244 g/mol. The fraction of sp³-hybridized carbons (Fsp3) is 0.250. The molecule has 0 aromatic heterocycles. The molecule has 0 fully saturated rings. The molecule has 0 amide bonds. The van der Waals surface area contributed by atoms with Crippen molar-refractivity contribution in [1.29, 1.82) is 0 Å². The second-order valence-corrected chi connectivity index (χ2v) is 3.02. The van der Waals surface area contributed by atoms with E-state index in [4.69, 9.17) is 22.4 Å². The van der Waals surface area contributed by atoms with E-state index in [2.05, 4.69) is 0 Å². The molecule has 0 aliphatic rings. The number of phenols is 1. The number of phenolic OH excluding ortho intramolecular Hbond substituents is 1. The van der Waals surface area contributed by atoms with E-state index in [9.17, 15) is 8.78 Å². The minimum Gasteiger partial charge on any atom is -0.505 e. The van der Waals surface area contributed by atoms with Crippen LogP contribution in [0, 0.1) is 5.82 Å². The molecule has 80 valence electrons. The first-order chi connectivity index (χ1) is 6.06. The third kappa shape index (κ3) is 2.70. The molecular formula is C8H9Cl2F2NO. The molecule has 3 N–H and O–H groups in total. The maximum absolute atomic E-state index is 12.8. The molecule has 0 heterocycles. The van der Waals surface area contributed by atoms with Gasteiger partial charge < -0.3 is 10.8 Å². The van der Waals surface area contributed by atoms with Gasteiger partial charge in [-0.2, -0.15) is 0 Å². The van der Waals surface area contributed by atoms with Gasteiger partial charge in [-0.3, -0.25) is 0 Å². The predicted octanol–water partition coefficient (Wildman–Crippen LogP) is 2.58. The van der Waals surface area contributed by atoms with E-state index < -0.39 is 24.3 Å². The van der Waals surface area contributed by atoms with E-state index in [-0.39, 0.29) is 23.0 Å². The van der Waals surface area contributed by atoms with E-state index in [0.717, 1.165) is 6.07 Å². The number of nitrogens with two attached hydrogens (primary N) is 1. The Balaban J connectivity index is 0.00000169. The van der Waals surface area contributed by atoms with Crippen molar-refractivity contribution in [2.75, 3.05) is 6.67 Å². The fourth-order valence-corrected chi connectivity index (χ4v) is 1.16. The molecule has 0 saturated carbocycles. The number of rotatable bonds is 2. The highest BCUT2D eigenvalue weighted by molar-refractivity contribution is 6.30. The van der Waals surface area contributed by atoms with Gasteiger partial charge in [0.1, 0.15) is 6.67 Å². The molecule has 14 heavy (non-hydrogen) atoms. The van der Waals surface area contributed by atoms with Crippen molar-refractivity contribution in [3.8, 4) is 5.75 Å². The second kappa shape index (κ2) is 5.34. The van der Waals surface area contributed by atoms with Gasteiger partial charge in [0, 0.05) is 10.6 Å². The zero-order valence-electron chi connectivity index (χ0n) is 7.01. The van der Waals surface area contributed by atoms with Crippen molar-refractivity contribution in [3.05, 3.63) is 28.5 Å². The Labute approximate surface area is 91.1 Å². The lowest BCUT2D eigenvalue weighted by atomic mass is 10.1. The van der Waals surface area contributed by atoms with E-state index in [0.29, 0.717) is 0 Å². The van der Waals surface area contributed by atoms with Crippen LogP contribution in [0.3, 0.4) is 0 Å². The number of hydrogen-bond donors (Lipinski definition) is 2. The molecule has 6 heteroatoms. The van der Waals surface area contributed by atoms with Crippen LogP contribution in [-0.2, 0) is 0 Å². The van der Waals surface area contributed by atoms with Crippen LogP contribution in [0.25, 0.3) is 0 Å². The minimum atomic E-state index is -1.05. The summed E-state index contributed by atoms with van der Waals surface area (Å²) in [7, 11) is 0. The van der Waals surface area contributed by atoms with Crippen LogP contribution >= 0.6 is 24.0 Å². The fourth-order valence-electron chi connectivity index (χ4n) is 0.952. The Bertz CT molecular complexity index is 322. The molecule has 1 atom stereocenters. The third-order valence-electron chi connectivity index (χ3n) is 1.62. The van der Waals surface area contributed by atoms with Crippen LogP contribution in [0.15, 0.2) is 12.1 Å². The Hall–Kier alpha value is -0.580. The van der Waals surface area contributed by atoms with Crippen LogP contribution in [-0.4, -0.2) is 11.8 Å². The van der Waals surface area contributed by atoms with Gasteiger partial charge in [0.15, 0.2) is 11.6 Å². The lowest BCUT2D eigenvalue weighted by Crippen LogP contribution is -2.12. The van der Waals surface area contributed by atoms with Crippen molar-refractivity contribution in [2.45, 2.75) is 6.04 Å². The first-order valence-electron chi connectivity index (χ1n) is 3.55. The smallest absolute Gasteiger partial charge is 0.166 e. The standard InChI is InChI=1S/C8H8ClF2NO.ClH/c9-4-1-5(7(12)3-10)8(13)6(11)2-4;/h1-2,7,13H,3,12H2;1H/t7-;/m0./s1. The molecule has 0 aliphatic heterocycles. The summed E-state index contributed by atoms with van der Waals surface area (Å²) >= 11 is 5.49. The number of benzene rings is 1. The first-order valence-corrected chi connectivity index (χ1v) is 3.93. The van der Waals surface area contributed by atoms with Gasteiger partial charge in [-0.15, -0.1) is 12.4 Å². The van der Waals surface area contributed by atoms with Gasteiger partial charge in [0.2, 0.25) is 0 Å². The van der Waals surface area contributed by atoms with Gasteiger partial charge >= 0.3 is 0 Å². The van der Waals surface area contributed by atoms with E-state index >= 15 is 0 Å². The average Bonchev–Trinajstić information content (AvgIpc) is 2.10. The lowest BCUT2D eigenvalue weighted by Gasteiger charge is -2.10.